The average molecular weight is 435 g/mol. The van der Waals surface area contributed by atoms with Gasteiger partial charge in [0.2, 0.25) is 0 Å². The van der Waals surface area contributed by atoms with Crippen LogP contribution in [-0.2, 0) is 9.47 Å². The van der Waals surface area contributed by atoms with Gasteiger partial charge in [0.25, 0.3) is 0 Å². The number of aliphatic hydroxyl groups excluding tert-OH is 2. The molecule has 0 aliphatic rings. The quantitative estimate of drug-likeness (QED) is 0.222. The van der Waals surface area contributed by atoms with Crippen LogP contribution in [-0.4, -0.2) is 148 Å². The lowest BCUT2D eigenvalue weighted by molar-refractivity contribution is 0.0303. The summed E-state index contributed by atoms with van der Waals surface area (Å²) in [6, 6.07) is 0. The molecule has 8 heteroatoms. The molecule has 0 heterocycles. The van der Waals surface area contributed by atoms with Gasteiger partial charge in [0.15, 0.2) is 0 Å². The minimum absolute atomic E-state index is 0.222. The first-order valence-corrected chi connectivity index (χ1v) is 11.9. The van der Waals surface area contributed by atoms with Gasteiger partial charge in [0.1, 0.15) is 0 Å². The molecule has 0 rings (SSSR count). The van der Waals surface area contributed by atoms with E-state index >= 15 is 0 Å². The van der Waals surface area contributed by atoms with E-state index in [1.54, 1.807) is 0 Å². The van der Waals surface area contributed by atoms with E-state index < -0.39 is 0 Å². The number of ether oxygens (including phenoxy) is 2. The highest BCUT2D eigenvalue weighted by molar-refractivity contribution is 4.62. The summed E-state index contributed by atoms with van der Waals surface area (Å²) < 4.78 is 11.5. The summed E-state index contributed by atoms with van der Waals surface area (Å²) in [4.78, 5) is 9.31. The zero-order valence-electron chi connectivity index (χ0n) is 20.2. The van der Waals surface area contributed by atoms with Crippen molar-refractivity contribution in [3.8, 4) is 0 Å². The molecule has 0 saturated carbocycles. The first kappa shape index (κ1) is 29.7. The third-order valence-electron chi connectivity index (χ3n) is 5.56. The molecule has 0 aliphatic heterocycles. The van der Waals surface area contributed by atoms with Crippen LogP contribution in [0.1, 0.15) is 27.7 Å². The normalized spacial score (nSPS) is 12.2. The molecular formula is C22H50N4O4. The van der Waals surface area contributed by atoms with Crippen LogP contribution in [0.2, 0.25) is 0 Å². The average Bonchev–Trinajstić information content (AvgIpc) is 2.77. The first-order valence-electron chi connectivity index (χ1n) is 11.9. The minimum atomic E-state index is 0.222. The number of aliphatic hydroxyl groups is 2. The Morgan fingerprint density at radius 1 is 0.433 bits per heavy atom. The van der Waals surface area contributed by atoms with Crippen molar-refractivity contribution < 1.29 is 19.7 Å². The van der Waals surface area contributed by atoms with Gasteiger partial charge in [-0.3, -0.25) is 0 Å². The van der Waals surface area contributed by atoms with Gasteiger partial charge < -0.3 is 39.3 Å². The molecule has 0 aromatic carbocycles. The van der Waals surface area contributed by atoms with Crippen molar-refractivity contribution in [2.75, 3.05) is 118 Å². The van der Waals surface area contributed by atoms with E-state index in [4.69, 9.17) is 19.7 Å². The molecule has 0 fully saturated rings. The highest BCUT2D eigenvalue weighted by Crippen LogP contribution is 1.95. The summed E-state index contributed by atoms with van der Waals surface area (Å²) in [5, 5.41) is 18.2. The Morgan fingerprint density at radius 3 is 1.00 bits per heavy atom. The van der Waals surface area contributed by atoms with Crippen LogP contribution < -0.4 is 0 Å². The Balaban J connectivity index is 3.72. The Bertz CT molecular complexity index is 321. The Kier molecular flexibility index (Phi) is 21.7. The summed E-state index contributed by atoms with van der Waals surface area (Å²) in [6.45, 7) is 23.1. The molecule has 8 nitrogen and oxygen atoms in total. The van der Waals surface area contributed by atoms with Crippen LogP contribution in [0.3, 0.4) is 0 Å². The Morgan fingerprint density at radius 2 is 0.733 bits per heavy atom. The second-order valence-electron chi connectivity index (χ2n) is 7.41. The lowest BCUT2D eigenvalue weighted by atomic mass is 10.4. The maximum atomic E-state index is 9.08. The van der Waals surface area contributed by atoms with Crippen LogP contribution in [0.25, 0.3) is 0 Å². The maximum absolute atomic E-state index is 9.08. The molecule has 0 bridgehead atoms. The van der Waals surface area contributed by atoms with E-state index in [2.05, 4.69) is 47.3 Å². The summed E-state index contributed by atoms with van der Waals surface area (Å²) in [6.07, 6.45) is 0. The molecule has 0 aliphatic carbocycles. The fourth-order valence-electron chi connectivity index (χ4n) is 3.27. The smallest absolute Gasteiger partial charge is 0.0701 e. The van der Waals surface area contributed by atoms with Crippen molar-refractivity contribution in [3.05, 3.63) is 0 Å². The lowest BCUT2D eigenvalue weighted by Gasteiger charge is -2.25. The fraction of sp³-hybridized carbons (Fsp3) is 1.00. The molecule has 0 aromatic heterocycles. The summed E-state index contributed by atoms with van der Waals surface area (Å²) in [7, 11) is 0. The van der Waals surface area contributed by atoms with Gasteiger partial charge in [-0.2, -0.15) is 0 Å². The fourth-order valence-corrected chi connectivity index (χ4v) is 3.27. The molecule has 0 spiro atoms. The van der Waals surface area contributed by atoms with Crippen molar-refractivity contribution >= 4 is 0 Å². The Labute approximate surface area is 185 Å². The number of rotatable bonds is 23. The maximum Gasteiger partial charge on any atom is 0.0701 e. The second kappa shape index (κ2) is 21.9. The summed E-state index contributed by atoms with van der Waals surface area (Å²) in [5.74, 6) is 0. The molecule has 0 aromatic rings. The monoisotopic (exact) mass is 434 g/mol. The van der Waals surface area contributed by atoms with Gasteiger partial charge in [0, 0.05) is 52.4 Å². The van der Waals surface area contributed by atoms with Crippen molar-refractivity contribution in [1.82, 2.24) is 19.6 Å². The molecular weight excluding hydrogens is 384 g/mol. The van der Waals surface area contributed by atoms with Crippen LogP contribution in [0.15, 0.2) is 0 Å². The SMILES string of the molecule is CCN(CCO)CCN(CC)CCOCCOCCN(CC)CCN(CC)CCO. The van der Waals surface area contributed by atoms with E-state index in [0.717, 1.165) is 91.8 Å². The predicted octanol–water partition coefficient (Wildman–Crippen LogP) is 0.292. The van der Waals surface area contributed by atoms with Gasteiger partial charge >= 0.3 is 0 Å². The van der Waals surface area contributed by atoms with Gasteiger partial charge in [-0.1, -0.05) is 27.7 Å². The third kappa shape index (κ3) is 16.4. The van der Waals surface area contributed by atoms with Crippen molar-refractivity contribution in [2.24, 2.45) is 0 Å². The molecule has 0 radical (unpaired) electrons. The molecule has 182 valence electrons. The molecule has 2 N–H and O–H groups in total. The lowest BCUT2D eigenvalue weighted by Crippen LogP contribution is -2.38. The topological polar surface area (TPSA) is 71.9 Å². The Hall–Kier alpha value is -0.320. The molecule has 30 heavy (non-hydrogen) atoms. The second-order valence-corrected chi connectivity index (χ2v) is 7.41. The van der Waals surface area contributed by atoms with Gasteiger partial charge in [-0.05, 0) is 26.2 Å². The van der Waals surface area contributed by atoms with Crippen LogP contribution in [0, 0.1) is 0 Å². The van der Waals surface area contributed by atoms with Crippen molar-refractivity contribution in [2.45, 2.75) is 27.7 Å². The molecule has 0 atom stereocenters. The largest absolute Gasteiger partial charge is 0.395 e. The van der Waals surface area contributed by atoms with Gasteiger partial charge in [-0.15, -0.1) is 0 Å². The van der Waals surface area contributed by atoms with E-state index in [1.165, 1.54) is 0 Å². The van der Waals surface area contributed by atoms with Crippen molar-refractivity contribution in [3.63, 3.8) is 0 Å². The summed E-state index contributed by atoms with van der Waals surface area (Å²) in [5.41, 5.74) is 0. The van der Waals surface area contributed by atoms with E-state index in [9.17, 15) is 0 Å². The van der Waals surface area contributed by atoms with E-state index in [-0.39, 0.29) is 13.2 Å². The van der Waals surface area contributed by atoms with Crippen LogP contribution in [0.5, 0.6) is 0 Å². The minimum Gasteiger partial charge on any atom is -0.395 e. The summed E-state index contributed by atoms with van der Waals surface area (Å²) >= 11 is 0. The van der Waals surface area contributed by atoms with E-state index in [0.29, 0.717) is 13.2 Å². The number of likely N-dealkylation sites (N-methyl/N-ethyl adjacent to an activating group) is 4. The standard InChI is InChI=1S/C22H50N4O4/c1-5-23(13-17-27)9-11-25(7-3)15-19-29-21-22-30-20-16-26(8-4)12-10-24(6-2)14-18-28/h27-28H,5-22H2,1-4H3. The number of hydrogen-bond acceptors (Lipinski definition) is 8. The van der Waals surface area contributed by atoms with Gasteiger partial charge in [0.05, 0.1) is 39.6 Å². The zero-order valence-corrected chi connectivity index (χ0v) is 20.2. The molecule has 0 saturated heterocycles. The first-order chi connectivity index (χ1) is 14.6. The van der Waals surface area contributed by atoms with E-state index in [1.807, 2.05) is 0 Å². The van der Waals surface area contributed by atoms with Crippen LogP contribution in [0.4, 0.5) is 0 Å². The highest BCUT2D eigenvalue weighted by atomic mass is 16.5. The van der Waals surface area contributed by atoms with Crippen molar-refractivity contribution in [1.29, 1.82) is 0 Å². The predicted molar refractivity (Wildman–Crippen MR) is 124 cm³/mol. The zero-order chi connectivity index (χ0) is 22.5. The molecule has 0 amide bonds. The highest BCUT2D eigenvalue weighted by Gasteiger charge is 2.07. The number of nitrogens with zero attached hydrogens (tertiary/aromatic N) is 4. The third-order valence-corrected chi connectivity index (χ3v) is 5.56. The number of hydrogen-bond donors (Lipinski definition) is 2. The molecule has 0 unspecified atom stereocenters. The van der Waals surface area contributed by atoms with Gasteiger partial charge in [-0.25, -0.2) is 0 Å². The van der Waals surface area contributed by atoms with Crippen LogP contribution >= 0.6 is 0 Å².